The van der Waals surface area contributed by atoms with Crippen LogP contribution in [0.25, 0.3) is 0 Å². The average molecular weight is 302 g/mol. The molecular weight excluding hydrogens is 290 g/mol. The maximum atomic E-state index is 13.6. The molecule has 3 saturated carbocycles. The summed E-state index contributed by atoms with van der Waals surface area (Å²) < 4.78 is 14.2. The fraction of sp³-hybridized carbons (Fsp3) is 0.500. The van der Waals surface area contributed by atoms with Crippen molar-refractivity contribution >= 4 is 22.6 Å². The van der Waals surface area contributed by atoms with Gasteiger partial charge in [-0.15, -0.1) is 0 Å². The molecule has 74 valence electrons. The van der Waals surface area contributed by atoms with Crippen LogP contribution in [0.15, 0.2) is 18.2 Å². The van der Waals surface area contributed by atoms with E-state index in [4.69, 9.17) is 0 Å². The summed E-state index contributed by atoms with van der Waals surface area (Å²) in [7, 11) is 0. The number of alkyl halides is 1. The zero-order chi connectivity index (χ0) is 9.97. The Morgan fingerprint density at radius 1 is 1.29 bits per heavy atom. The predicted molar refractivity (Wildman–Crippen MR) is 63.4 cm³/mol. The summed E-state index contributed by atoms with van der Waals surface area (Å²) in [6.07, 6.45) is 3.54. The zero-order valence-corrected chi connectivity index (χ0v) is 10.3. The van der Waals surface area contributed by atoms with E-state index >= 15 is 0 Å². The number of hydrogen-bond acceptors (Lipinski definition) is 0. The average Bonchev–Trinajstić information content (AvgIpc) is 2.02. The molecule has 0 atom stereocenters. The monoisotopic (exact) mass is 302 g/mol. The minimum absolute atomic E-state index is 0.00579. The van der Waals surface area contributed by atoms with Gasteiger partial charge in [0.05, 0.1) is 0 Å². The Balaban J connectivity index is 2.01. The van der Waals surface area contributed by atoms with E-state index in [9.17, 15) is 4.39 Å². The van der Waals surface area contributed by atoms with Crippen molar-refractivity contribution < 1.29 is 4.39 Å². The van der Waals surface area contributed by atoms with Gasteiger partial charge in [-0.05, 0) is 37.8 Å². The SMILES string of the molecule is Cc1ccc(F)c(C23CC(I)(C2)C3)c1. The van der Waals surface area contributed by atoms with Gasteiger partial charge in [0.15, 0.2) is 0 Å². The fourth-order valence-corrected chi connectivity index (χ4v) is 5.19. The molecule has 1 aromatic rings. The molecule has 0 spiro atoms. The molecule has 0 saturated heterocycles. The zero-order valence-electron chi connectivity index (χ0n) is 8.11. The van der Waals surface area contributed by atoms with Crippen LogP contribution in [-0.2, 0) is 5.41 Å². The quantitative estimate of drug-likeness (QED) is 0.547. The third kappa shape index (κ3) is 1.03. The van der Waals surface area contributed by atoms with Gasteiger partial charge in [-0.25, -0.2) is 4.39 Å². The molecule has 0 unspecified atom stereocenters. The van der Waals surface area contributed by atoms with Gasteiger partial charge in [0.2, 0.25) is 0 Å². The molecule has 3 fully saturated rings. The van der Waals surface area contributed by atoms with Gasteiger partial charge in [-0.3, -0.25) is 0 Å². The van der Waals surface area contributed by atoms with Gasteiger partial charge in [0, 0.05) is 8.84 Å². The minimum atomic E-state index is -0.00579. The minimum Gasteiger partial charge on any atom is -0.207 e. The van der Waals surface area contributed by atoms with Gasteiger partial charge >= 0.3 is 0 Å². The van der Waals surface area contributed by atoms with E-state index in [2.05, 4.69) is 22.6 Å². The Morgan fingerprint density at radius 2 is 1.93 bits per heavy atom. The molecule has 3 aliphatic rings. The second kappa shape index (κ2) is 2.52. The highest BCUT2D eigenvalue weighted by Crippen LogP contribution is 2.72. The number of rotatable bonds is 1. The molecule has 14 heavy (non-hydrogen) atoms. The summed E-state index contributed by atoms with van der Waals surface area (Å²) in [6.45, 7) is 2.04. The smallest absolute Gasteiger partial charge is 0.126 e. The molecule has 1 aromatic carbocycles. The van der Waals surface area contributed by atoms with Gasteiger partial charge < -0.3 is 0 Å². The van der Waals surface area contributed by atoms with Crippen LogP contribution in [0.5, 0.6) is 0 Å². The maximum Gasteiger partial charge on any atom is 0.126 e. The maximum absolute atomic E-state index is 13.6. The van der Waals surface area contributed by atoms with Crippen molar-refractivity contribution in [3.8, 4) is 0 Å². The Hall–Kier alpha value is -0.120. The van der Waals surface area contributed by atoms with Gasteiger partial charge in [0.25, 0.3) is 0 Å². The predicted octanol–water partition coefficient (Wildman–Crippen LogP) is 3.74. The van der Waals surface area contributed by atoms with Crippen LogP contribution in [0.3, 0.4) is 0 Å². The molecule has 2 heteroatoms. The van der Waals surface area contributed by atoms with E-state index in [0.717, 1.165) is 5.56 Å². The van der Waals surface area contributed by atoms with E-state index in [-0.39, 0.29) is 11.2 Å². The molecule has 4 rings (SSSR count). The molecule has 0 N–H and O–H groups in total. The molecule has 0 amide bonds. The normalized spacial score (nSPS) is 38.8. The summed E-state index contributed by atoms with van der Waals surface area (Å²) in [6, 6.07) is 5.50. The first-order valence-corrected chi connectivity index (χ1v) is 6.07. The molecule has 0 radical (unpaired) electrons. The van der Waals surface area contributed by atoms with Crippen LogP contribution in [0.2, 0.25) is 0 Å². The Bertz CT molecular complexity index is 391. The topological polar surface area (TPSA) is 0 Å². The second-order valence-electron chi connectivity index (χ2n) is 4.94. The fourth-order valence-electron chi connectivity index (χ4n) is 3.00. The Labute approximate surface area is 97.0 Å². The molecule has 0 heterocycles. The number of halogens is 2. The highest BCUT2D eigenvalue weighted by Gasteiger charge is 2.67. The van der Waals surface area contributed by atoms with Gasteiger partial charge in [-0.1, -0.05) is 40.3 Å². The third-order valence-corrected chi connectivity index (χ3v) is 4.80. The lowest BCUT2D eigenvalue weighted by atomic mass is 9.42. The number of aryl methyl sites for hydroxylation is 1. The van der Waals surface area contributed by atoms with E-state index in [0.29, 0.717) is 3.42 Å². The van der Waals surface area contributed by atoms with E-state index in [1.165, 1.54) is 24.8 Å². The molecular formula is C12H12FI. The molecule has 2 bridgehead atoms. The summed E-state index contributed by atoms with van der Waals surface area (Å²) in [4.78, 5) is 0. The van der Waals surface area contributed by atoms with E-state index in [1.54, 1.807) is 6.07 Å². The van der Waals surface area contributed by atoms with Crippen LogP contribution in [0, 0.1) is 12.7 Å². The number of benzene rings is 1. The molecule has 0 aromatic heterocycles. The Morgan fingerprint density at radius 3 is 2.50 bits per heavy atom. The lowest BCUT2D eigenvalue weighted by Gasteiger charge is -2.68. The van der Waals surface area contributed by atoms with Crippen LogP contribution in [0.1, 0.15) is 30.4 Å². The van der Waals surface area contributed by atoms with Crippen molar-refractivity contribution in [2.45, 2.75) is 35.0 Å². The van der Waals surface area contributed by atoms with Crippen molar-refractivity contribution in [2.24, 2.45) is 0 Å². The molecule has 3 aliphatic carbocycles. The highest BCUT2D eigenvalue weighted by atomic mass is 127. The molecule has 0 nitrogen and oxygen atoms in total. The van der Waals surface area contributed by atoms with Crippen molar-refractivity contribution in [1.29, 1.82) is 0 Å². The third-order valence-electron chi connectivity index (χ3n) is 3.66. The Kier molecular flexibility index (Phi) is 1.64. The van der Waals surface area contributed by atoms with Gasteiger partial charge in [0.1, 0.15) is 5.82 Å². The summed E-state index contributed by atoms with van der Waals surface area (Å²) in [5.41, 5.74) is 2.36. The second-order valence-corrected chi connectivity index (χ2v) is 7.23. The summed E-state index contributed by atoms with van der Waals surface area (Å²) in [5.74, 6) is -0.00579. The lowest BCUT2D eigenvalue weighted by Crippen LogP contribution is -2.66. The lowest BCUT2D eigenvalue weighted by molar-refractivity contribution is 0.0187. The largest absolute Gasteiger partial charge is 0.207 e. The van der Waals surface area contributed by atoms with Gasteiger partial charge in [-0.2, -0.15) is 0 Å². The van der Waals surface area contributed by atoms with Crippen LogP contribution >= 0.6 is 22.6 Å². The van der Waals surface area contributed by atoms with E-state index in [1.807, 2.05) is 19.1 Å². The van der Waals surface area contributed by atoms with Crippen LogP contribution in [-0.4, -0.2) is 3.42 Å². The first-order chi connectivity index (χ1) is 6.53. The summed E-state index contributed by atoms with van der Waals surface area (Å²) >= 11 is 2.53. The van der Waals surface area contributed by atoms with E-state index < -0.39 is 0 Å². The number of hydrogen-bond donors (Lipinski definition) is 0. The van der Waals surface area contributed by atoms with Crippen LogP contribution < -0.4 is 0 Å². The summed E-state index contributed by atoms with van der Waals surface area (Å²) in [5, 5.41) is 0. The first-order valence-electron chi connectivity index (χ1n) is 4.99. The van der Waals surface area contributed by atoms with Crippen molar-refractivity contribution in [3.05, 3.63) is 35.1 Å². The first kappa shape index (κ1) is 9.13. The van der Waals surface area contributed by atoms with Crippen molar-refractivity contribution in [1.82, 2.24) is 0 Å². The van der Waals surface area contributed by atoms with Crippen molar-refractivity contribution in [3.63, 3.8) is 0 Å². The molecule has 0 aliphatic heterocycles. The standard InChI is InChI=1S/C12H12FI/c1-8-2-3-10(13)9(4-8)11-5-12(14,6-11)7-11/h2-4H,5-7H2,1H3. The van der Waals surface area contributed by atoms with Crippen LogP contribution in [0.4, 0.5) is 4.39 Å². The van der Waals surface area contributed by atoms with Crippen molar-refractivity contribution in [2.75, 3.05) is 0 Å². The highest BCUT2D eigenvalue weighted by molar-refractivity contribution is 14.1.